The van der Waals surface area contributed by atoms with Crippen molar-refractivity contribution in [2.75, 3.05) is 19.5 Å². The molecule has 1 rings (SSSR count). The molecule has 0 saturated carbocycles. The molecule has 0 bridgehead atoms. The van der Waals surface area contributed by atoms with Gasteiger partial charge in [0.25, 0.3) is 0 Å². The number of carboxylic acid groups (broad SMARTS) is 1. The van der Waals surface area contributed by atoms with E-state index in [-0.39, 0.29) is 11.4 Å². The third-order valence-corrected chi connectivity index (χ3v) is 4.37. The largest absolute Gasteiger partial charge is 0.480 e. The lowest BCUT2D eigenvalue weighted by molar-refractivity contribution is -0.141. The summed E-state index contributed by atoms with van der Waals surface area (Å²) in [5, 5.41) is 11.9. The Bertz CT molecular complexity index is 349. The summed E-state index contributed by atoms with van der Waals surface area (Å²) in [5.74, 6) is -0.519. The SMILES string of the molecule is CCC1SCC(C(=O)O)N1C(=O)NC(C)(C)COC. The third kappa shape index (κ3) is 4.01. The number of aliphatic carboxylic acids is 1. The summed E-state index contributed by atoms with van der Waals surface area (Å²) in [4.78, 5) is 24.9. The number of thioether (sulfide) groups is 1. The number of carbonyl (C=O) groups excluding carboxylic acids is 1. The maximum absolute atomic E-state index is 12.3. The standard InChI is InChI=1S/C12H22N2O4S/c1-5-9-14(8(6-19-9)10(15)16)11(17)13-12(2,3)7-18-4/h8-9H,5-7H2,1-4H3,(H,13,17)(H,15,16). The van der Waals surface area contributed by atoms with Crippen molar-refractivity contribution in [3.05, 3.63) is 0 Å². The van der Waals surface area contributed by atoms with Crippen LogP contribution in [-0.2, 0) is 9.53 Å². The van der Waals surface area contributed by atoms with Crippen LogP contribution in [0, 0.1) is 0 Å². The zero-order valence-corrected chi connectivity index (χ0v) is 12.6. The Balaban J connectivity index is 2.79. The number of carbonyl (C=O) groups is 2. The van der Waals surface area contributed by atoms with Crippen molar-refractivity contribution in [2.24, 2.45) is 0 Å². The van der Waals surface area contributed by atoms with Gasteiger partial charge >= 0.3 is 12.0 Å². The number of carboxylic acids is 1. The summed E-state index contributed by atoms with van der Waals surface area (Å²) in [6.45, 7) is 6.00. The lowest BCUT2D eigenvalue weighted by Gasteiger charge is -2.32. The van der Waals surface area contributed by atoms with Crippen molar-refractivity contribution in [3.63, 3.8) is 0 Å². The molecule has 2 atom stereocenters. The van der Waals surface area contributed by atoms with Crippen molar-refractivity contribution >= 4 is 23.8 Å². The molecule has 0 aliphatic carbocycles. The lowest BCUT2D eigenvalue weighted by Crippen LogP contribution is -2.56. The maximum Gasteiger partial charge on any atom is 0.327 e. The van der Waals surface area contributed by atoms with E-state index < -0.39 is 17.6 Å². The van der Waals surface area contributed by atoms with Gasteiger partial charge in [-0.25, -0.2) is 9.59 Å². The van der Waals surface area contributed by atoms with Crippen LogP contribution in [0.3, 0.4) is 0 Å². The van der Waals surface area contributed by atoms with Gasteiger partial charge in [-0.15, -0.1) is 11.8 Å². The highest BCUT2D eigenvalue weighted by molar-refractivity contribution is 8.00. The van der Waals surface area contributed by atoms with Crippen molar-refractivity contribution in [1.82, 2.24) is 10.2 Å². The summed E-state index contributed by atoms with van der Waals surface area (Å²) in [5.41, 5.74) is -0.527. The number of ether oxygens (including phenoxy) is 1. The van der Waals surface area contributed by atoms with E-state index in [2.05, 4.69) is 5.32 Å². The van der Waals surface area contributed by atoms with Gasteiger partial charge in [-0.05, 0) is 20.3 Å². The molecule has 1 aliphatic rings. The molecule has 1 fully saturated rings. The van der Waals surface area contributed by atoms with E-state index >= 15 is 0 Å². The normalized spacial score (nSPS) is 23.5. The minimum absolute atomic E-state index is 0.0838. The van der Waals surface area contributed by atoms with Crippen LogP contribution in [0.1, 0.15) is 27.2 Å². The first-order chi connectivity index (χ1) is 8.82. The van der Waals surface area contributed by atoms with E-state index in [9.17, 15) is 14.7 Å². The van der Waals surface area contributed by atoms with Crippen LogP contribution in [-0.4, -0.2) is 58.4 Å². The fraction of sp³-hybridized carbons (Fsp3) is 0.833. The maximum atomic E-state index is 12.3. The minimum atomic E-state index is -0.955. The highest BCUT2D eigenvalue weighted by atomic mass is 32.2. The Morgan fingerprint density at radius 3 is 2.63 bits per heavy atom. The fourth-order valence-corrected chi connectivity index (χ4v) is 3.44. The molecule has 6 nitrogen and oxygen atoms in total. The number of urea groups is 1. The van der Waals surface area contributed by atoms with Crippen LogP contribution in [0.25, 0.3) is 0 Å². The summed E-state index contributed by atoms with van der Waals surface area (Å²) in [6.07, 6.45) is 0.729. The molecule has 7 heteroatoms. The molecule has 2 unspecified atom stereocenters. The first-order valence-corrected chi connectivity index (χ1v) is 7.31. The molecule has 1 heterocycles. The van der Waals surface area contributed by atoms with E-state index in [1.807, 2.05) is 20.8 Å². The zero-order chi connectivity index (χ0) is 14.6. The first kappa shape index (κ1) is 16.1. The molecule has 0 aromatic heterocycles. The number of hydrogen-bond acceptors (Lipinski definition) is 4. The Kier molecular flexibility index (Phi) is 5.49. The smallest absolute Gasteiger partial charge is 0.327 e. The molecule has 110 valence electrons. The lowest BCUT2D eigenvalue weighted by atomic mass is 10.1. The van der Waals surface area contributed by atoms with E-state index in [4.69, 9.17) is 4.74 Å². The second kappa shape index (κ2) is 6.47. The van der Waals surface area contributed by atoms with Crippen LogP contribution in [0.15, 0.2) is 0 Å². The molecule has 0 radical (unpaired) electrons. The van der Waals surface area contributed by atoms with E-state index in [0.29, 0.717) is 12.4 Å². The Morgan fingerprint density at radius 2 is 2.16 bits per heavy atom. The molecular weight excluding hydrogens is 268 g/mol. The predicted octanol–water partition coefficient (Wildman–Crippen LogP) is 1.36. The number of methoxy groups -OCH3 is 1. The predicted molar refractivity (Wildman–Crippen MR) is 74.3 cm³/mol. The van der Waals surface area contributed by atoms with Crippen LogP contribution in [0.5, 0.6) is 0 Å². The number of amides is 2. The second-order valence-electron chi connectivity index (χ2n) is 5.20. The van der Waals surface area contributed by atoms with Gasteiger partial charge in [0.2, 0.25) is 0 Å². The summed E-state index contributed by atoms with van der Waals surface area (Å²) in [6, 6.07) is -1.10. The van der Waals surface area contributed by atoms with Gasteiger partial charge in [-0.2, -0.15) is 0 Å². The van der Waals surface area contributed by atoms with Gasteiger partial charge < -0.3 is 15.2 Å². The van der Waals surface area contributed by atoms with E-state index in [0.717, 1.165) is 6.42 Å². The van der Waals surface area contributed by atoms with E-state index in [1.54, 1.807) is 7.11 Å². The van der Waals surface area contributed by atoms with Gasteiger partial charge in [0.05, 0.1) is 17.5 Å². The van der Waals surface area contributed by atoms with Crippen LogP contribution >= 0.6 is 11.8 Å². The molecule has 2 N–H and O–H groups in total. The Morgan fingerprint density at radius 1 is 1.53 bits per heavy atom. The average molecular weight is 290 g/mol. The molecule has 1 aliphatic heterocycles. The molecular formula is C12H22N2O4S. The van der Waals surface area contributed by atoms with Crippen molar-refractivity contribution in [1.29, 1.82) is 0 Å². The highest BCUT2D eigenvalue weighted by Crippen LogP contribution is 2.31. The average Bonchev–Trinajstić information content (AvgIpc) is 2.71. The van der Waals surface area contributed by atoms with Gasteiger partial charge in [0.15, 0.2) is 0 Å². The van der Waals surface area contributed by atoms with Gasteiger partial charge in [-0.3, -0.25) is 4.90 Å². The molecule has 0 aromatic carbocycles. The zero-order valence-electron chi connectivity index (χ0n) is 11.8. The minimum Gasteiger partial charge on any atom is -0.480 e. The Hall–Kier alpha value is -0.950. The first-order valence-electron chi connectivity index (χ1n) is 6.26. The van der Waals surface area contributed by atoms with Gasteiger partial charge in [-0.1, -0.05) is 6.92 Å². The molecule has 19 heavy (non-hydrogen) atoms. The Labute approximate surface area is 117 Å². The quantitative estimate of drug-likeness (QED) is 0.799. The number of nitrogens with zero attached hydrogens (tertiary/aromatic N) is 1. The molecule has 1 saturated heterocycles. The number of nitrogens with one attached hydrogen (secondary N) is 1. The topological polar surface area (TPSA) is 78.9 Å². The van der Waals surface area contributed by atoms with Crippen molar-refractivity contribution in [2.45, 2.75) is 44.1 Å². The number of hydrogen-bond donors (Lipinski definition) is 2. The summed E-state index contributed by atoms with van der Waals surface area (Å²) in [7, 11) is 1.56. The van der Waals surface area contributed by atoms with Crippen LogP contribution in [0.4, 0.5) is 4.79 Å². The second-order valence-corrected chi connectivity index (χ2v) is 6.42. The van der Waals surface area contributed by atoms with Gasteiger partial charge in [0.1, 0.15) is 6.04 Å². The van der Waals surface area contributed by atoms with Gasteiger partial charge in [0, 0.05) is 12.9 Å². The third-order valence-electron chi connectivity index (χ3n) is 2.91. The molecule has 0 spiro atoms. The summed E-state index contributed by atoms with van der Waals surface area (Å²) >= 11 is 1.51. The monoisotopic (exact) mass is 290 g/mol. The van der Waals surface area contributed by atoms with Crippen LogP contribution in [0.2, 0.25) is 0 Å². The molecule has 0 aromatic rings. The fourth-order valence-electron chi connectivity index (χ4n) is 2.09. The summed E-state index contributed by atoms with van der Waals surface area (Å²) < 4.78 is 5.04. The highest BCUT2D eigenvalue weighted by Gasteiger charge is 2.41. The van der Waals surface area contributed by atoms with Crippen LogP contribution < -0.4 is 5.32 Å². The van der Waals surface area contributed by atoms with Crippen molar-refractivity contribution in [3.8, 4) is 0 Å². The van der Waals surface area contributed by atoms with E-state index in [1.165, 1.54) is 16.7 Å². The molecule has 2 amide bonds. The van der Waals surface area contributed by atoms with Crippen molar-refractivity contribution < 1.29 is 19.4 Å². The number of rotatable bonds is 5.